The van der Waals surface area contributed by atoms with Gasteiger partial charge in [-0.3, -0.25) is 9.59 Å². The van der Waals surface area contributed by atoms with Gasteiger partial charge < -0.3 is 4.90 Å². The van der Waals surface area contributed by atoms with E-state index in [1.54, 1.807) is 11.9 Å². The summed E-state index contributed by atoms with van der Waals surface area (Å²) in [4.78, 5) is 26.7. The third kappa shape index (κ3) is 2.91. The average Bonchev–Trinajstić information content (AvgIpc) is 2.76. The minimum absolute atomic E-state index is 0.00707. The molecule has 1 aliphatic rings. The second-order valence-corrected chi connectivity index (χ2v) is 7.07. The lowest BCUT2D eigenvalue weighted by atomic mass is 9.81. The van der Waals surface area contributed by atoms with Gasteiger partial charge in [0.25, 0.3) is 0 Å². The molecule has 0 aromatic heterocycles. The van der Waals surface area contributed by atoms with E-state index in [1.165, 1.54) is 11.8 Å². The van der Waals surface area contributed by atoms with Crippen LogP contribution in [0.2, 0.25) is 0 Å². The largest absolute Gasteiger partial charge is 0.314 e. The number of benzene rings is 2. The summed E-state index contributed by atoms with van der Waals surface area (Å²) in [6.45, 7) is 1.87. The molecule has 0 saturated heterocycles. The molecule has 0 spiro atoms. The maximum Gasteiger partial charge on any atom is 0.237 e. The van der Waals surface area contributed by atoms with Gasteiger partial charge in [-0.1, -0.05) is 60.3 Å². The average molecular weight is 325 g/mol. The van der Waals surface area contributed by atoms with Crippen LogP contribution in [0.25, 0.3) is 0 Å². The summed E-state index contributed by atoms with van der Waals surface area (Å²) in [5.74, 6) is 0.633. The Labute approximate surface area is 140 Å². The van der Waals surface area contributed by atoms with Crippen molar-refractivity contribution in [1.29, 1.82) is 0 Å². The normalized spacial score (nSPS) is 19.7. The van der Waals surface area contributed by atoms with Crippen molar-refractivity contribution in [2.24, 2.45) is 0 Å². The van der Waals surface area contributed by atoms with Crippen LogP contribution in [0.4, 0.5) is 5.69 Å². The van der Waals surface area contributed by atoms with Crippen molar-refractivity contribution >= 4 is 28.5 Å². The highest BCUT2D eigenvalue weighted by Crippen LogP contribution is 2.43. The highest BCUT2D eigenvalue weighted by molar-refractivity contribution is 8.12. The van der Waals surface area contributed by atoms with Crippen LogP contribution in [-0.4, -0.2) is 18.1 Å². The molecule has 118 valence electrons. The number of carbonyl (C=O) groups is 2. The number of carbonyl (C=O) groups excluding carboxylic acids is 2. The lowest BCUT2D eigenvalue weighted by Gasteiger charge is -2.22. The highest BCUT2D eigenvalue weighted by atomic mass is 32.2. The number of fused-ring (bicyclic) bond motifs is 1. The van der Waals surface area contributed by atoms with Crippen molar-refractivity contribution in [3.63, 3.8) is 0 Å². The number of nitrogens with zero attached hydrogens (tertiary/aromatic N) is 1. The van der Waals surface area contributed by atoms with Crippen LogP contribution < -0.4 is 4.90 Å². The molecule has 2 aromatic carbocycles. The van der Waals surface area contributed by atoms with Gasteiger partial charge in [0.05, 0.1) is 5.41 Å². The van der Waals surface area contributed by atoms with E-state index in [4.69, 9.17) is 0 Å². The molecule has 0 unspecified atom stereocenters. The predicted octanol–water partition coefficient (Wildman–Crippen LogP) is 3.77. The summed E-state index contributed by atoms with van der Waals surface area (Å²) in [6, 6.07) is 17.6. The van der Waals surface area contributed by atoms with Crippen LogP contribution in [0.15, 0.2) is 54.6 Å². The van der Waals surface area contributed by atoms with Crippen molar-refractivity contribution in [1.82, 2.24) is 0 Å². The molecule has 1 heterocycles. The minimum Gasteiger partial charge on any atom is -0.314 e. The molecule has 0 aliphatic carbocycles. The molecule has 1 aliphatic heterocycles. The van der Waals surface area contributed by atoms with Gasteiger partial charge in [0, 0.05) is 24.9 Å². The maximum absolute atomic E-state index is 12.7. The van der Waals surface area contributed by atoms with Crippen LogP contribution in [0, 0.1) is 0 Å². The molecule has 0 fully saturated rings. The predicted molar refractivity (Wildman–Crippen MR) is 94.6 cm³/mol. The van der Waals surface area contributed by atoms with E-state index in [9.17, 15) is 9.59 Å². The van der Waals surface area contributed by atoms with Gasteiger partial charge >= 0.3 is 0 Å². The topological polar surface area (TPSA) is 37.4 Å². The Morgan fingerprint density at radius 3 is 2.48 bits per heavy atom. The van der Waals surface area contributed by atoms with Crippen LogP contribution in [0.5, 0.6) is 0 Å². The van der Waals surface area contributed by atoms with Crippen LogP contribution >= 0.6 is 11.8 Å². The zero-order valence-corrected chi connectivity index (χ0v) is 14.1. The molecule has 0 N–H and O–H groups in total. The number of thioether (sulfide) groups is 1. The Morgan fingerprint density at radius 2 is 1.74 bits per heavy atom. The smallest absolute Gasteiger partial charge is 0.237 e. The third-order valence-corrected chi connectivity index (χ3v) is 5.32. The molecular weight excluding hydrogens is 306 g/mol. The molecule has 23 heavy (non-hydrogen) atoms. The number of anilines is 1. The second-order valence-electron chi connectivity index (χ2n) is 6.04. The number of amides is 1. The Morgan fingerprint density at radius 1 is 1.09 bits per heavy atom. The molecule has 3 rings (SSSR count). The van der Waals surface area contributed by atoms with Gasteiger partial charge in [0.15, 0.2) is 5.12 Å². The molecule has 1 amide bonds. The molecule has 0 radical (unpaired) electrons. The Bertz CT molecular complexity index is 744. The Kier molecular flexibility index (Phi) is 4.26. The molecule has 4 heteroatoms. The van der Waals surface area contributed by atoms with Crippen molar-refractivity contribution in [3.8, 4) is 0 Å². The fraction of sp³-hybridized carbons (Fsp3) is 0.263. The van der Waals surface area contributed by atoms with E-state index in [2.05, 4.69) is 0 Å². The molecule has 2 aromatic rings. The summed E-state index contributed by atoms with van der Waals surface area (Å²) >= 11 is 1.28. The zero-order chi connectivity index (χ0) is 16.4. The number of likely N-dealkylation sites (N-methyl/N-ethyl adjacent to an activating group) is 1. The maximum atomic E-state index is 12.7. The number of rotatable bonds is 4. The fourth-order valence-electron chi connectivity index (χ4n) is 3.08. The Balaban J connectivity index is 1.74. The summed E-state index contributed by atoms with van der Waals surface area (Å²) in [5.41, 5.74) is 2.21. The van der Waals surface area contributed by atoms with Crippen molar-refractivity contribution in [2.75, 3.05) is 11.9 Å². The second kappa shape index (κ2) is 6.20. The summed E-state index contributed by atoms with van der Waals surface area (Å²) in [5, 5.41) is 0.0507. The number of hydrogen-bond acceptors (Lipinski definition) is 3. The number of hydrogen-bond donors (Lipinski definition) is 0. The van der Waals surface area contributed by atoms with Crippen LogP contribution in [0.3, 0.4) is 0 Å². The monoisotopic (exact) mass is 325 g/mol. The van der Waals surface area contributed by atoms with Gasteiger partial charge in [-0.25, -0.2) is 0 Å². The first-order valence-electron chi connectivity index (χ1n) is 7.59. The third-order valence-electron chi connectivity index (χ3n) is 4.38. The van der Waals surface area contributed by atoms with Crippen molar-refractivity contribution in [2.45, 2.75) is 24.5 Å². The van der Waals surface area contributed by atoms with Gasteiger partial charge in [-0.15, -0.1) is 0 Å². The molecule has 0 saturated carbocycles. The van der Waals surface area contributed by atoms with E-state index in [-0.39, 0.29) is 17.4 Å². The van der Waals surface area contributed by atoms with Crippen molar-refractivity contribution in [3.05, 3.63) is 65.7 Å². The first kappa shape index (κ1) is 15.8. The standard InChI is InChI=1S/C19H19NO2S/c1-19(12-17(21)23-13-14-8-4-3-5-9-14)15-10-6-7-11-16(15)20(2)18(19)22/h3-11H,12-13H2,1-2H3/t19-/m0/s1. The highest BCUT2D eigenvalue weighted by Gasteiger charge is 2.46. The minimum atomic E-state index is -0.758. The van der Waals surface area contributed by atoms with E-state index < -0.39 is 5.41 Å². The van der Waals surface area contributed by atoms with Gasteiger partial charge in [-0.05, 0) is 24.1 Å². The lowest BCUT2D eigenvalue weighted by molar-refractivity contribution is -0.125. The first-order chi connectivity index (χ1) is 11.0. The van der Waals surface area contributed by atoms with Crippen LogP contribution in [0.1, 0.15) is 24.5 Å². The van der Waals surface area contributed by atoms with Crippen LogP contribution in [-0.2, 0) is 20.8 Å². The summed E-state index contributed by atoms with van der Waals surface area (Å²) < 4.78 is 0. The van der Waals surface area contributed by atoms with Gasteiger partial charge in [0.2, 0.25) is 5.91 Å². The lowest BCUT2D eigenvalue weighted by Crippen LogP contribution is -2.37. The Hall–Kier alpha value is -2.07. The van der Waals surface area contributed by atoms with E-state index in [0.717, 1.165) is 16.8 Å². The first-order valence-corrected chi connectivity index (χ1v) is 8.58. The summed E-state index contributed by atoms with van der Waals surface area (Å²) in [6.07, 6.45) is 0.227. The molecule has 0 bridgehead atoms. The van der Waals surface area contributed by atoms with Crippen molar-refractivity contribution < 1.29 is 9.59 Å². The zero-order valence-electron chi connectivity index (χ0n) is 13.3. The summed E-state index contributed by atoms with van der Waals surface area (Å²) in [7, 11) is 1.77. The number of para-hydroxylation sites is 1. The quantitative estimate of drug-likeness (QED) is 0.859. The fourth-order valence-corrected chi connectivity index (χ4v) is 3.99. The van der Waals surface area contributed by atoms with E-state index in [1.807, 2.05) is 61.5 Å². The molecular formula is C19H19NO2S. The van der Waals surface area contributed by atoms with E-state index in [0.29, 0.717) is 5.75 Å². The molecule has 3 nitrogen and oxygen atoms in total. The van der Waals surface area contributed by atoms with Gasteiger partial charge in [-0.2, -0.15) is 0 Å². The van der Waals surface area contributed by atoms with E-state index >= 15 is 0 Å². The SMILES string of the molecule is CN1C(=O)[C@@](C)(CC(=O)SCc2ccccc2)c2ccccc21. The molecule has 1 atom stereocenters. The van der Waals surface area contributed by atoms with Gasteiger partial charge in [0.1, 0.15) is 0 Å².